The van der Waals surface area contributed by atoms with E-state index < -0.39 is 12.2 Å². The van der Waals surface area contributed by atoms with Gasteiger partial charge in [0.25, 0.3) is 0 Å². The molecule has 0 fully saturated rings. The Balaban J connectivity index is 2.75. The van der Waals surface area contributed by atoms with Crippen molar-refractivity contribution in [1.82, 2.24) is 9.97 Å². The van der Waals surface area contributed by atoms with Crippen molar-refractivity contribution in [3.63, 3.8) is 0 Å². The van der Waals surface area contributed by atoms with E-state index in [0.29, 0.717) is 11.5 Å². The standard InChI is InChI=1S/C8H13N3O2S/c1-9-8-10-2-5(3-11-8)7(13)6(12)4-14/h2-3,6-7,12-14H,4H2,1H3,(H,9,10,11). The predicted octanol–water partition coefficient (Wildman–Crippen LogP) is -0.158. The normalized spacial score (nSPS) is 14.9. The van der Waals surface area contributed by atoms with Crippen LogP contribution in [-0.4, -0.2) is 39.1 Å². The lowest BCUT2D eigenvalue weighted by Gasteiger charge is -2.15. The van der Waals surface area contributed by atoms with Gasteiger partial charge in [0.15, 0.2) is 0 Å². The Hall–Kier alpha value is -0.850. The second-order valence-electron chi connectivity index (χ2n) is 2.78. The summed E-state index contributed by atoms with van der Waals surface area (Å²) in [6.07, 6.45) is 1.05. The minimum atomic E-state index is -0.988. The molecule has 1 heterocycles. The van der Waals surface area contributed by atoms with E-state index in [-0.39, 0.29) is 5.75 Å². The maximum atomic E-state index is 9.55. The molecule has 0 spiro atoms. The molecule has 78 valence electrons. The summed E-state index contributed by atoms with van der Waals surface area (Å²) in [4.78, 5) is 7.83. The van der Waals surface area contributed by atoms with Gasteiger partial charge in [-0.25, -0.2) is 9.97 Å². The molecular formula is C8H13N3O2S. The van der Waals surface area contributed by atoms with E-state index in [1.54, 1.807) is 7.05 Å². The summed E-state index contributed by atoms with van der Waals surface area (Å²) in [5.74, 6) is 0.663. The lowest BCUT2D eigenvalue weighted by Crippen LogP contribution is -2.20. The molecule has 1 aromatic rings. The first-order chi connectivity index (χ1) is 6.69. The van der Waals surface area contributed by atoms with Crippen LogP contribution in [0.3, 0.4) is 0 Å². The summed E-state index contributed by atoms with van der Waals surface area (Å²) >= 11 is 3.88. The third-order valence-electron chi connectivity index (χ3n) is 1.79. The topological polar surface area (TPSA) is 78.3 Å². The van der Waals surface area contributed by atoms with Gasteiger partial charge in [-0.3, -0.25) is 0 Å². The van der Waals surface area contributed by atoms with Crippen molar-refractivity contribution in [2.45, 2.75) is 12.2 Å². The molecule has 0 aliphatic rings. The Kier molecular flexibility index (Phi) is 4.12. The largest absolute Gasteiger partial charge is 0.389 e. The second-order valence-corrected chi connectivity index (χ2v) is 3.15. The number of aliphatic hydroxyl groups is 2. The molecule has 2 atom stereocenters. The molecule has 2 unspecified atom stereocenters. The zero-order valence-corrected chi connectivity index (χ0v) is 8.65. The number of hydrogen-bond donors (Lipinski definition) is 4. The molecule has 0 aliphatic heterocycles. The minimum Gasteiger partial charge on any atom is -0.389 e. The monoisotopic (exact) mass is 215 g/mol. The van der Waals surface area contributed by atoms with E-state index in [0.717, 1.165) is 0 Å². The molecular weight excluding hydrogens is 202 g/mol. The van der Waals surface area contributed by atoms with E-state index >= 15 is 0 Å². The molecule has 14 heavy (non-hydrogen) atoms. The number of thiol groups is 1. The first kappa shape index (κ1) is 11.2. The lowest BCUT2D eigenvalue weighted by atomic mass is 10.1. The molecule has 0 saturated carbocycles. The fraction of sp³-hybridized carbons (Fsp3) is 0.500. The van der Waals surface area contributed by atoms with E-state index in [1.807, 2.05) is 0 Å². The first-order valence-corrected chi connectivity index (χ1v) is 4.79. The molecule has 5 nitrogen and oxygen atoms in total. The number of anilines is 1. The van der Waals surface area contributed by atoms with Gasteiger partial charge in [-0.1, -0.05) is 0 Å². The quantitative estimate of drug-likeness (QED) is 0.525. The molecule has 0 saturated heterocycles. The van der Waals surface area contributed by atoms with Gasteiger partial charge >= 0.3 is 0 Å². The summed E-state index contributed by atoms with van der Waals surface area (Å²) in [5.41, 5.74) is 0.477. The molecule has 0 radical (unpaired) electrons. The van der Waals surface area contributed by atoms with Crippen molar-refractivity contribution in [3.8, 4) is 0 Å². The first-order valence-electron chi connectivity index (χ1n) is 4.15. The Morgan fingerprint density at radius 1 is 1.43 bits per heavy atom. The summed E-state index contributed by atoms with van der Waals surface area (Å²) < 4.78 is 0. The van der Waals surface area contributed by atoms with Crippen molar-refractivity contribution < 1.29 is 10.2 Å². The van der Waals surface area contributed by atoms with Gasteiger partial charge in [0, 0.05) is 30.8 Å². The van der Waals surface area contributed by atoms with Crippen LogP contribution in [0.2, 0.25) is 0 Å². The molecule has 6 heteroatoms. The highest BCUT2D eigenvalue weighted by atomic mass is 32.1. The number of nitrogens with one attached hydrogen (secondary N) is 1. The second kappa shape index (κ2) is 5.14. The zero-order chi connectivity index (χ0) is 10.6. The highest BCUT2D eigenvalue weighted by Crippen LogP contribution is 2.16. The average Bonchev–Trinajstić information content (AvgIpc) is 2.27. The van der Waals surface area contributed by atoms with Crippen molar-refractivity contribution in [1.29, 1.82) is 0 Å². The summed E-state index contributed by atoms with van der Waals surface area (Å²) in [6.45, 7) is 0. The maximum Gasteiger partial charge on any atom is 0.222 e. The van der Waals surface area contributed by atoms with Gasteiger partial charge in [0.2, 0.25) is 5.95 Å². The van der Waals surface area contributed by atoms with Crippen LogP contribution in [0, 0.1) is 0 Å². The molecule has 3 N–H and O–H groups in total. The Bertz CT molecular complexity index is 280. The van der Waals surface area contributed by atoms with E-state index in [2.05, 4.69) is 27.9 Å². The smallest absolute Gasteiger partial charge is 0.222 e. The van der Waals surface area contributed by atoms with E-state index in [9.17, 15) is 10.2 Å². The Morgan fingerprint density at radius 3 is 2.43 bits per heavy atom. The minimum absolute atomic E-state index is 0.189. The van der Waals surface area contributed by atoms with E-state index in [1.165, 1.54) is 12.4 Å². The van der Waals surface area contributed by atoms with Crippen LogP contribution in [0.1, 0.15) is 11.7 Å². The number of nitrogens with zero attached hydrogens (tertiary/aromatic N) is 2. The Morgan fingerprint density at radius 2 is 2.00 bits per heavy atom. The molecule has 0 aromatic carbocycles. The molecule has 0 amide bonds. The van der Waals surface area contributed by atoms with Crippen LogP contribution in [0.5, 0.6) is 0 Å². The third-order valence-corrected chi connectivity index (χ3v) is 2.16. The average molecular weight is 215 g/mol. The van der Waals surface area contributed by atoms with Crippen LogP contribution in [-0.2, 0) is 0 Å². The fourth-order valence-corrected chi connectivity index (χ4v) is 1.14. The van der Waals surface area contributed by atoms with Crippen LogP contribution in [0.25, 0.3) is 0 Å². The number of rotatable bonds is 4. The maximum absolute atomic E-state index is 9.55. The fourth-order valence-electron chi connectivity index (χ4n) is 0.942. The van der Waals surface area contributed by atoms with Crippen LogP contribution in [0.15, 0.2) is 12.4 Å². The van der Waals surface area contributed by atoms with Crippen molar-refractivity contribution in [2.24, 2.45) is 0 Å². The van der Waals surface area contributed by atoms with Gasteiger partial charge in [0.1, 0.15) is 6.10 Å². The Labute approximate surface area is 87.6 Å². The lowest BCUT2D eigenvalue weighted by molar-refractivity contribution is 0.0333. The van der Waals surface area contributed by atoms with Gasteiger partial charge in [0.05, 0.1) is 6.10 Å². The number of aromatic nitrogens is 2. The summed E-state index contributed by atoms with van der Waals surface area (Å²) in [5, 5.41) is 21.6. The molecule has 0 bridgehead atoms. The van der Waals surface area contributed by atoms with Crippen molar-refractivity contribution in [3.05, 3.63) is 18.0 Å². The van der Waals surface area contributed by atoms with Crippen molar-refractivity contribution in [2.75, 3.05) is 18.1 Å². The molecule has 1 aromatic heterocycles. The summed E-state index contributed by atoms with van der Waals surface area (Å²) in [7, 11) is 1.70. The third kappa shape index (κ3) is 2.57. The number of hydrogen-bond acceptors (Lipinski definition) is 6. The van der Waals surface area contributed by atoms with Gasteiger partial charge in [-0.15, -0.1) is 0 Å². The van der Waals surface area contributed by atoms with Gasteiger partial charge in [-0.05, 0) is 0 Å². The molecule has 0 aliphatic carbocycles. The van der Waals surface area contributed by atoms with Crippen LogP contribution in [0.4, 0.5) is 5.95 Å². The SMILES string of the molecule is CNc1ncc(C(O)C(O)CS)cn1. The molecule has 1 rings (SSSR count). The van der Waals surface area contributed by atoms with Crippen LogP contribution >= 0.6 is 12.6 Å². The van der Waals surface area contributed by atoms with E-state index in [4.69, 9.17) is 0 Å². The highest BCUT2D eigenvalue weighted by molar-refractivity contribution is 7.80. The highest BCUT2D eigenvalue weighted by Gasteiger charge is 2.17. The summed E-state index contributed by atoms with van der Waals surface area (Å²) in [6, 6.07) is 0. The van der Waals surface area contributed by atoms with Crippen LogP contribution < -0.4 is 5.32 Å². The zero-order valence-electron chi connectivity index (χ0n) is 7.75. The van der Waals surface area contributed by atoms with Crippen molar-refractivity contribution >= 4 is 18.6 Å². The number of aliphatic hydroxyl groups excluding tert-OH is 2. The van der Waals surface area contributed by atoms with Gasteiger partial charge in [-0.2, -0.15) is 12.6 Å². The predicted molar refractivity (Wildman–Crippen MR) is 56.4 cm³/mol. The van der Waals surface area contributed by atoms with Gasteiger partial charge < -0.3 is 15.5 Å².